The molecule has 0 bridgehead atoms. The average Bonchev–Trinajstić information content (AvgIpc) is 3.44. The lowest BCUT2D eigenvalue weighted by Crippen LogP contribution is -2.46. The molecule has 1 fully saturated rings. The number of aryl methyl sites for hydroxylation is 1. The van der Waals surface area contributed by atoms with Crippen molar-refractivity contribution in [3.63, 3.8) is 0 Å². The third-order valence-electron chi connectivity index (χ3n) is 6.28. The van der Waals surface area contributed by atoms with Crippen LogP contribution in [0, 0.1) is 0 Å². The van der Waals surface area contributed by atoms with Gasteiger partial charge in [0.15, 0.2) is 29.7 Å². The third kappa shape index (κ3) is 5.86. The van der Waals surface area contributed by atoms with Crippen molar-refractivity contribution >= 4 is 25.0 Å². The molecule has 0 aromatic carbocycles. The van der Waals surface area contributed by atoms with E-state index in [1.54, 1.807) is 13.8 Å². The molecular formula is C22H29N5O11P+. The number of pyridine rings is 1. The first-order chi connectivity index (χ1) is 18.5. The van der Waals surface area contributed by atoms with Crippen LogP contribution in [0.3, 0.4) is 0 Å². The SMILES string of the molecule is CCn1c(=O)c2c(ncn2CCOC(=O)c2ccc[n+](C3OC(COP(=O)(O)O)[C@@H](O)[C@H]3O)c2)n(CC)c1=O. The fourth-order valence-electron chi connectivity index (χ4n) is 4.35. The molecule has 3 aromatic heterocycles. The minimum Gasteiger partial charge on any atom is -0.460 e. The molecule has 4 N–H and O–H groups in total. The molecule has 0 amide bonds. The molecule has 0 spiro atoms. The fraction of sp³-hybridized carbons (Fsp3) is 0.500. The van der Waals surface area contributed by atoms with Crippen LogP contribution in [0.5, 0.6) is 0 Å². The molecule has 4 atom stereocenters. The number of aromatic nitrogens is 5. The predicted molar refractivity (Wildman–Crippen MR) is 130 cm³/mol. The number of carbonyl (C=O) groups excluding carboxylic acids is 1. The standard InChI is InChI=1S/C22H28N5O11P/c1-3-26-18-15(19(30)27(4-2)22(26)32)25(12-23-18)8-9-36-21(31)13-6-5-7-24(10-13)20-17(29)16(28)14(38-20)11-37-39(33,34)35/h5-7,10,12,14,16-17,20,28-29H,3-4,8-9,11H2,1-2H3,(H-,33,34,35)/p+1/t14?,16-,17-,20?/m1/s1. The van der Waals surface area contributed by atoms with E-state index in [0.29, 0.717) is 6.54 Å². The maximum Gasteiger partial charge on any atom is 0.469 e. The lowest BCUT2D eigenvalue weighted by molar-refractivity contribution is -0.765. The number of aliphatic hydroxyl groups excluding tert-OH is 2. The summed E-state index contributed by atoms with van der Waals surface area (Å²) >= 11 is 0. The average molecular weight is 570 g/mol. The van der Waals surface area contributed by atoms with E-state index in [4.69, 9.17) is 19.3 Å². The zero-order chi connectivity index (χ0) is 28.5. The van der Waals surface area contributed by atoms with Gasteiger partial charge in [-0.3, -0.25) is 18.5 Å². The number of aliphatic hydroxyl groups is 2. The zero-order valence-electron chi connectivity index (χ0n) is 21.1. The van der Waals surface area contributed by atoms with Crippen molar-refractivity contribution < 1.29 is 47.9 Å². The number of carbonyl (C=O) groups is 1. The molecule has 1 aliphatic heterocycles. The Bertz CT molecular complexity index is 1530. The molecule has 212 valence electrons. The summed E-state index contributed by atoms with van der Waals surface area (Å²) in [7, 11) is -4.81. The normalized spacial score (nSPS) is 21.5. The van der Waals surface area contributed by atoms with Crippen LogP contribution in [0.25, 0.3) is 11.2 Å². The molecule has 1 aliphatic rings. The van der Waals surface area contributed by atoms with Crippen LogP contribution in [-0.4, -0.2) is 76.2 Å². The highest BCUT2D eigenvalue weighted by Gasteiger charge is 2.49. The van der Waals surface area contributed by atoms with E-state index >= 15 is 0 Å². The van der Waals surface area contributed by atoms with Gasteiger partial charge < -0.3 is 34.0 Å². The van der Waals surface area contributed by atoms with Gasteiger partial charge in [-0.2, -0.15) is 4.57 Å². The van der Waals surface area contributed by atoms with Gasteiger partial charge in [0.05, 0.1) is 19.5 Å². The summed E-state index contributed by atoms with van der Waals surface area (Å²) in [6.45, 7) is 3.27. The molecule has 4 rings (SSSR count). The second kappa shape index (κ2) is 11.5. The van der Waals surface area contributed by atoms with E-state index in [-0.39, 0.29) is 36.4 Å². The molecule has 0 radical (unpaired) electrons. The molecule has 39 heavy (non-hydrogen) atoms. The predicted octanol–water partition coefficient (Wildman–Crippen LogP) is -1.73. The highest BCUT2D eigenvalue weighted by Crippen LogP contribution is 2.37. The van der Waals surface area contributed by atoms with E-state index in [9.17, 15) is 29.2 Å². The molecule has 2 unspecified atom stereocenters. The lowest BCUT2D eigenvalue weighted by Gasteiger charge is -2.13. The number of fused-ring (bicyclic) bond motifs is 1. The zero-order valence-corrected chi connectivity index (χ0v) is 22.0. The summed E-state index contributed by atoms with van der Waals surface area (Å²) in [5, 5.41) is 20.6. The van der Waals surface area contributed by atoms with Crippen molar-refractivity contribution in [3.05, 3.63) is 57.3 Å². The number of phosphoric acid groups is 1. The van der Waals surface area contributed by atoms with Crippen LogP contribution in [0.15, 0.2) is 40.4 Å². The minimum atomic E-state index is -4.81. The number of esters is 1. The monoisotopic (exact) mass is 570 g/mol. The summed E-state index contributed by atoms with van der Waals surface area (Å²) in [5.41, 5.74) is -0.390. The Morgan fingerprint density at radius 2 is 1.90 bits per heavy atom. The summed E-state index contributed by atoms with van der Waals surface area (Å²) in [6.07, 6.45) is -1.20. The Hall–Kier alpha value is -3.24. The van der Waals surface area contributed by atoms with E-state index in [1.165, 1.54) is 44.6 Å². The van der Waals surface area contributed by atoms with Gasteiger partial charge in [0, 0.05) is 19.2 Å². The smallest absolute Gasteiger partial charge is 0.460 e. The van der Waals surface area contributed by atoms with Crippen molar-refractivity contribution in [2.45, 2.75) is 58.0 Å². The topological polar surface area (TPSA) is 208 Å². The van der Waals surface area contributed by atoms with Gasteiger partial charge in [-0.1, -0.05) is 0 Å². The molecule has 3 aromatic rings. The van der Waals surface area contributed by atoms with Crippen molar-refractivity contribution in [2.75, 3.05) is 13.2 Å². The highest BCUT2D eigenvalue weighted by atomic mass is 31.2. The van der Waals surface area contributed by atoms with E-state index < -0.39 is 56.2 Å². The van der Waals surface area contributed by atoms with Crippen molar-refractivity contribution in [3.8, 4) is 0 Å². The Morgan fingerprint density at radius 1 is 1.18 bits per heavy atom. The first kappa shape index (κ1) is 28.8. The minimum absolute atomic E-state index is 0.0846. The molecule has 4 heterocycles. The first-order valence-electron chi connectivity index (χ1n) is 12.0. The summed E-state index contributed by atoms with van der Waals surface area (Å²) < 4.78 is 31.5. The number of rotatable bonds is 10. The van der Waals surface area contributed by atoms with Crippen molar-refractivity contribution in [2.24, 2.45) is 0 Å². The Morgan fingerprint density at radius 3 is 2.56 bits per heavy atom. The number of ether oxygens (including phenoxy) is 2. The Kier molecular flexibility index (Phi) is 8.46. The molecule has 16 nitrogen and oxygen atoms in total. The third-order valence-corrected chi connectivity index (χ3v) is 6.76. The Labute approximate surface area is 220 Å². The van der Waals surface area contributed by atoms with Crippen LogP contribution in [0.4, 0.5) is 0 Å². The maximum absolute atomic E-state index is 12.9. The van der Waals surface area contributed by atoms with Gasteiger partial charge in [0.25, 0.3) is 11.8 Å². The van der Waals surface area contributed by atoms with Gasteiger partial charge in [-0.15, -0.1) is 0 Å². The number of hydrogen-bond donors (Lipinski definition) is 4. The lowest BCUT2D eigenvalue weighted by atomic mass is 10.1. The maximum atomic E-state index is 12.9. The van der Waals surface area contributed by atoms with E-state index in [0.717, 1.165) is 4.57 Å². The van der Waals surface area contributed by atoms with Crippen LogP contribution in [0.1, 0.15) is 30.4 Å². The van der Waals surface area contributed by atoms with E-state index in [1.807, 2.05) is 0 Å². The second-order valence-electron chi connectivity index (χ2n) is 8.69. The summed E-state index contributed by atoms with van der Waals surface area (Å²) in [5.74, 6) is -0.723. The van der Waals surface area contributed by atoms with Crippen LogP contribution in [0.2, 0.25) is 0 Å². The fourth-order valence-corrected chi connectivity index (χ4v) is 4.69. The largest absolute Gasteiger partial charge is 0.469 e. The van der Waals surface area contributed by atoms with E-state index in [2.05, 4.69) is 9.51 Å². The number of hydrogen-bond acceptors (Lipinski definition) is 10. The van der Waals surface area contributed by atoms with Gasteiger partial charge in [0.1, 0.15) is 24.4 Å². The molecule has 17 heteroatoms. The van der Waals surface area contributed by atoms with Crippen LogP contribution >= 0.6 is 7.82 Å². The van der Waals surface area contributed by atoms with Crippen molar-refractivity contribution in [1.82, 2.24) is 18.7 Å². The molecule has 0 saturated carbocycles. The molecule has 1 saturated heterocycles. The van der Waals surface area contributed by atoms with Gasteiger partial charge in [-0.25, -0.2) is 19.1 Å². The van der Waals surface area contributed by atoms with Gasteiger partial charge >= 0.3 is 19.5 Å². The Balaban J connectivity index is 1.45. The van der Waals surface area contributed by atoms with Crippen LogP contribution < -0.4 is 15.8 Å². The first-order valence-corrected chi connectivity index (χ1v) is 13.6. The van der Waals surface area contributed by atoms with Crippen LogP contribution in [-0.2, 0) is 38.2 Å². The second-order valence-corrected chi connectivity index (χ2v) is 9.93. The van der Waals surface area contributed by atoms with Gasteiger partial charge in [-0.05, 0) is 19.9 Å². The van der Waals surface area contributed by atoms with Gasteiger partial charge in [0.2, 0.25) is 0 Å². The number of nitrogens with zero attached hydrogens (tertiary/aromatic N) is 5. The summed E-state index contributed by atoms with van der Waals surface area (Å²) in [4.78, 5) is 60.0. The number of imidazole rings is 1. The molecular weight excluding hydrogens is 541 g/mol. The summed E-state index contributed by atoms with van der Waals surface area (Å²) in [6, 6.07) is 2.94. The molecule has 0 aliphatic carbocycles. The quantitative estimate of drug-likeness (QED) is 0.122. The van der Waals surface area contributed by atoms with Crippen molar-refractivity contribution in [1.29, 1.82) is 0 Å². The number of phosphoric ester groups is 1. The highest BCUT2D eigenvalue weighted by molar-refractivity contribution is 7.46.